The number of carboxylic acids is 1. The number of aromatic hydroxyl groups is 1. The average molecular weight is 470 g/mol. The summed E-state index contributed by atoms with van der Waals surface area (Å²) in [5, 5.41) is 19.7. The zero-order valence-electron chi connectivity index (χ0n) is 16.8. The smallest absolute Gasteiger partial charge is 0.311 e. The molecule has 2 N–H and O–H groups in total. The third kappa shape index (κ3) is 4.00. The lowest BCUT2D eigenvalue weighted by Gasteiger charge is -2.16. The molecule has 3 rings (SSSR count). The Labute approximate surface area is 186 Å². The molecule has 0 saturated carbocycles. The van der Waals surface area contributed by atoms with Gasteiger partial charge in [0.2, 0.25) is 0 Å². The summed E-state index contributed by atoms with van der Waals surface area (Å²) >= 11 is 11.9. The molecule has 164 valence electrons. The van der Waals surface area contributed by atoms with Gasteiger partial charge in [-0.25, -0.2) is 8.78 Å². The summed E-state index contributed by atoms with van der Waals surface area (Å²) in [7, 11) is 0. The number of carbonyl (C=O) groups excluding carboxylic acids is 1. The number of hydrogen-bond acceptors (Lipinski definition) is 3. The average Bonchev–Trinajstić information content (AvgIpc) is 2.97. The zero-order chi connectivity index (χ0) is 23.2. The quantitative estimate of drug-likeness (QED) is 0.469. The van der Waals surface area contributed by atoms with Gasteiger partial charge in [-0.05, 0) is 43.0 Å². The van der Waals surface area contributed by atoms with Crippen molar-refractivity contribution in [2.75, 3.05) is 0 Å². The summed E-state index contributed by atoms with van der Waals surface area (Å²) in [4.78, 5) is 25.3. The fourth-order valence-corrected chi connectivity index (χ4v) is 4.07. The van der Waals surface area contributed by atoms with Gasteiger partial charge in [0.05, 0.1) is 21.5 Å². The summed E-state index contributed by atoms with van der Waals surface area (Å²) in [5.74, 6) is -6.96. The van der Waals surface area contributed by atoms with Crippen LogP contribution in [0.4, 0.5) is 8.78 Å². The number of rotatable bonds is 5. The summed E-state index contributed by atoms with van der Waals surface area (Å²) in [6.07, 6.45) is 0.147. The van der Waals surface area contributed by atoms with Gasteiger partial charge in [-0.15, -0.1) is 0 Å². The second-order valence-corrected chi connectivity index (χ2v) is 8.52. The minimum Gasteiger partial charge on any atom is -0.503 e. The first-order valence-corrected chi connectivity index (χ1v) is 10.2. The number of hydrogen-bond donors (Lipinski definition) is 2. The predicted molar refractivity (Wildman–Crippen MR) is 114 cm³/mol. The highest BCUT2D eigenvalue weighted by molar-refractivity contribution is 6.42. The van der Waals surface area contributed by atoms with Crippen molar-refractivity contribution in [2.24, 2.45) is 5.92 Å². The first kappa shape index (κ1) is 23.0. The highest BCUT2D eigenvalue weighted by atomic mass is 35.5. The summed E-state index contributed by atoms with van der Waals surface area (Å²) in [5.41, 5.74) is 0.0392. The lowest BCUT2D eigenvalue weighted by atomic mass is 9.88. The van der Waals surface area contributed by atoms with Crippen LogP contribution in [0.3, 0.4) is 0 Å². The van der Waals surface area contributed by atoms with Gasteiger partial charge in [-0.3, -0.25) is 14.2 Å². The number of carboxylic acid groups (broad SMARTS) is 1. The molecule has 1 heterocycles. The van der Waals surface area contributed by atoms with Crippen LogP contribution in [0.1, 0.15) is 47.8 Å². The number of phenols is 1. The van der Waals surface area contributed by atoms with Crippen molar-refractivity contribution in [3.05, 3.63) is 62.8 Å². The minimum atomic E-state index is -1.32. The molecular weight excluding hydrogens is 451 g/mol. The van der Waals surface area contributed by atoms with E-state index < -0.39 is 35.2 Å². The van der Waals surface area contributed by atoms with Crippen LogP contribution in [0.2, 0.25) is 10.0 Å². The monoisotopic (exact) mass is 469 g/mol. The molecule has 1 atom stereocenters. The number of aliphatic carboxylic acids is 1. The van der Waals surface area contributed by atoms with Gasteiger partial charge in [0.15, 0.2) is 17.4 Å². The first-order valence-electron chi connectivity index (χ1n) is 9.40. The zero-order valence-corrected chi connectivity index (χ0v) is 18.4. The topological polar surface area (TPSA) is 79.5 Å². The van der Waals surface area contributed by atoms with Gasteiger partial charge in [0.25, 0.3) is 5.91 Å². The van der Waals surface area contributed by atoms with Crippen molar-refractivity contribution in [3.63, 3.8) is 0 Å². The molecule has 0 aliphatic carbocycles. The van der Waals surface area contributed by atoms with E-state index in [-0.39, 0.29) is 50.1 Å². The van der Waals surface area contributed by atoms with Crippen LogP contribution in [-0.4, -0.2) is 26.7 Å². The largest absolute Gasteiger partial charge is 0.503 e. The molecular formula is C22H19Cl2F2NO4. The van der Waals surface area contributed by atoms with E-state index in [2.05, 4.69) is 0 Å². The van der Waals surface area contributed by atoms with Crippen LogP contribution in [0, 0.1) is 24.5 Å². The normalized spacial score (nSPS) is 12.5. The Morgan fingerprint density at radius 1 is 1.13 bits per heavy atom. The lowest BCUT2D eigenvalue weighted by molar-refractivity contribution is -0.139. The number of nitrogens with zero attached hydrogens (tertiary/aromatic N) is 1. The van der Waals surface area contributed by atoms with Crippen LogP contribution in [0.15, 0.2) is 24.3 Å². The Hall–Kier alpha value is -2.64. The van der Waals surface area contributed by atoms with Crippen molar-refractivity contribution >= 4 is 46.0 Å². The predicted octanol–water partition coefficient (Wildman–Crippen LogP) is 6.14. The van der Waals surface area contributed by atoms with Crippen LogP contribution in [0.25, 0.3) is 10.9 Å². The molecule has 0 amide bonds. The van der Waals surface area contributed by atoms with Gasteiger partial charge in [-0.1, -0.05) is 37.0 Å². The maximum absolute atomic E-state index is 15.0. The Morgan fingerprint density at radius 3 is 2.32 bits per heavy atom. The third-order valence-electron chi connectivity index (χ3n) is 5.13. The van der Waals surface area contributed by atoms with Crippen molar-refractivity contribution in [2.45, 2.75) is 33.1 Å². The van der Waals surface area contributed by atoms with Crippen molar-refractivity contribution < 1.29 is 28.6 Å². The standard InChI is InChI=1S/C22H19Cl2F2NO4/c1-9(2)6-12(22(30)31)17-10(3)27(16-8-15(25)20(28)19(26)18(16)17)21(29)11-4-5-13(23)14(24)7-11/h4-5,7-9,12,28H,6H2,1-3H3,(H,30,31). The number of benzene rings is 2. The van der Waals surface area contributed by atoms with E-state index in [0.29, 0.717) is 0 Å². The summed E-state index contributed by atoms with van der Waals surface area (Å²) in [6.45, 7) is 5.06. The highest BCUT2D eigenvalue weighted by Gasteiger charge is 2.33. The van der Waals surface area contributed by atoms with E-state index in [1.54, 1.807) is 13.8 Å². The fourth-order valence-electron chi connectivity index (χ4n) is 3.77. The summed E-state index contributed by atoms with van der Waals surface area (Å²) in [6, 6.07) is 4.93. The number of fused-ring (bicyclic) bond motifs is 1. The van der Waals surface area contributed by atoms with Crippen LogP contribution < -0.4 is 0 Å². The molecule has 9 heteroatoms. The molecule has 0 aliphatic heterocycles. The van der Waals surface area contributed by atoms with Gasteiger partial charge in [-0.2, -0.15) is 0 Å². The van der Waals surface area contributed by atoms with Crippen molar-refractivity contribution in [3.8, 4) is 5.75 Å². The highest BCUT2D eigenvalue weighted by Crippen LogP contribution is 2.40. The van der Waals surface area contributed by atoms with E-state index in [4.69, 9.17) is 23.2 Å². The Kier molecular flexibility index (Phi) is 6.30. The van der Waals surface area contributed by atoms with Crippen LogP contribution in [0.5, 0.6) is 5.75 Å². The van der Waals surface area contributed by atoms with Crippen molar-refractivity contribution in [1.29, 1.82) is 0 Å². The molecule has 0 spiro atoms. The van der Waals surface area contributed by atoms with Gasteiger partial charge < -0.3 is 10.2 Å². The minimum absolute atomic E-state index is 0.0115. The SMILES string of the molecule is Cc1c(C(CC(C)C)C(=O)O)c2c(F)c(O)c(F)cc2n1C(=O)c1ccc(Cl)c(Cl)c1. The summed E-state index contributed by atoms with van der Waals surface area (Å²) < 4.78 is 30.3. The Balaban J connectivity index is 2.39. The van der Waals surface area contributed by atoms with E-state index in [1.165, 1.54) is 25.1 Å². The second kappa shape index (κ2) is 8.48. The molecule has 3 aromatic rings. The maximum atomic E-state index is 15.0. The molecule has 0 saturated heterocycles. The lowest BCUT2D eigenvalue weighted by Crippen LogP contribution is -2.17. The van der Waals surface area contributed by atoms with Crippen LogP contribution >= 0.6 is 23.2 Å². The Morgan fingerprint density at radius 2 is 1.77 bits per heavy atom. The maximum Gasteiger partial charge on any atom is 0.311 e. The van der Waals surface area contributed by atoms with Crippen molar-refractivity contribution in [1.82, 2.24) is 4.57 Å². The Bertz CT molecular complexity index is 1220. The molecule has 5 nitrogen and oxygen atoms in total. The van der Waals surface area contributed by atoms with E-state index in [1.807, 2.05) is 0 Å². The third-order valence-corrected chi connectivity index (χ3v) is 5.87. The van der Waals surface area contributed by atoms with E-state index in [0.717, 1.165) is 10.6 Å². The molecule has 0 bridgehead atoms. The second-order valence-electron chi connectivity index (χ2n) is 7.70. The van der Waals surface area contributed by atoms with E-state index in [9.17, 15) is 24.2 Å². The molecule has 2 aromatic carbocycles. The molecule has 31 heavy (non-hydrogen) atoms. The van der Waals surface area contributed by atoms with Gasteiger partial charge >= 0.3 is 5.97 Å². The fraction of sp³-hybridized carbons (Fsp3) is 0.273. The molecule has 0 radical (unpaired) electrons. The first-order chi connectivity index (χ1) is 14.5. The molecule has 1 aromatic heterocycles. The number of aromatic nitrogens is 1. The van der Waals surface area contributed by atoms with E-state index >= 15 is 4.39 Å². The van der Waals surface area contributed by atoms with Gasteiger partial charge in [0, 0.05) is 22.7 Å². The number of carbonyl (C=O) groups is 2. The number of phenolic OH excluding ortho intramolecular Hbond substituents is 1. The van der Waals surface area contributed by atoms with Crippen LogP contribution in [-0.2, 0) is 4.79 Å². The van der Waals surface area contributed by atoms with Gasteiger partial charge in [0.1, 0.15) is 0 Å². The molecule has 1 unspecified atom stereocenters. The molecule has 0 fully saturated rings. The number of halogens is 4. The molecule has 0 aliphatic rings.